The molecule has 0 bridgehead atoms. The summed E-state index contributed by atoms with van der Waals surface area (Å²) in [7, 11) is 3.12. The molecule has 0 aliphatic rings. The van der Waals surface area contributed by atoms with Crippen LogP contribution in [0.25, 0.3) is 0 Å². The Hall–Kier alpha value is -2.34. The van der Waals surface area contributed by atoms with Gasteiger partial charge in [0.25, 0.3) is 0 Å². The van der Waals surface area contributed by atoms with E-state index >= 15 is 0 Å². The second-order valence-corrected chi connectivity index (χ2v) is 5.57. The summed E-state index contributed by atoms with van der Waals surface area (Å²) < 4.78 is 5.08. The second kappa shape index (κ2) is 9.72. The first-order valence-corrected chi connectivity index (χ1v) is 7.80. The Labute approximate surface area is 146 Å². The molecular formula is C17H21ClN2O4. The minimum absolute atomic E-state index is 0.145. The Bertz CT molecular complexity index is 631. The molecule has 0 heterocycles. The van der Waals surface area contributed by atoms with E-state index < -0.39 is 0 Å². The van der Waals surface area contributed by atoms with Crippen LogP contribution in [-0.2, 0) is 9.59 Å². The largest absolute Gasteiger partial charge is 0.496 e. The average Bonchev–Trinajstić information content (AvgIpc) is 2.58. The molecule has 0 unspecified atom stereocenters. The Morgan fingerprint density at radius 3 is 2.67 bits per heavy atom. The highest BCUT2D eigenvalue weighted by Crippen LogP contribution is 2.30. The van der Waals surface area contributed by atoms with Crippen LogP contribution < -0.4 is 10.1 Å². The lowest BCUT2D eigenvalue weighted by molar-refractivity contribution is -0.124. The van der Waals surface area contributed by atoms with Gasteiger partial charge in [-0.05, 0) is 25.0 Å². The van der Waals surface area contributed by atoms with Crippen LogP contribution in [0.5, 0.6) is 5.75 Å². The normalized spacial score (nSPS) is 9.96. The summed E-state index contributed by atoms with van der Waals surface area (Å²) in [6.45, 7) is 3.98. The van der Waals surface area contributed by atoms with Crippen LogP contribution in [0.2, 0.25) is 5.02 Å². The van der Waals surface area contributed by atoms with E-state index in [2.05, 4.69) is 11.9 Å². The van der Waals surface area contributed by atoms with E-state index in [-0.39, 0.29) is 16.8 Å². The summed E-state index contributed by atoms with van der Waals surface area (Å²) in [5.41, 5.74) is 0.707. The lowest BCUT2D eigenvalue weighted by atomic mass is 10.1. The first kappa shape index (κ1) is 19.7. The van der Waals surface area contributed by atoms with Gasteiger partial charge in [-0.15, -0.1) is 0 Å². The monoisotopic (exact) mass is 352 g/mol. The summed E-state index contributed by atoms with van der Waals surface area (Å²) >= 11 is 6.05. The number of hydrogen-bond acceptors (Lipinski definition) is 4. The number of anilines is 1. The molecule has 0 spiro atoms. The van der Waals surface area contributed by atoms with Crippen molar-refractivity contribution < 1.29 is 19.1 Å². The van der Waals surface area contributed by atoms with Crippen molar-refractivity contribution in [3.05, 3.63) is 35.4 Å². The predicted octanol–water partition coefficient (Wildman–Crippen LogP) is 2.91. The van der Waals surface area contributed by atoms with E-state index in [4.69, 9.17) is 16.3 Å². The van der Waals surface area contributed by atoms with Crippen molar-refractivity contribution in [3.8, 4) is 5.75 Å². The first-order valence-electron chi connectivity index (χ1n) is 7.43. The fourth-order valence-electron chi connectivity index (χ4n) is 2.05. The fourth-order valence-corrected chi connectivity index (χ4v) is 2.27. The number of benzene rings is 1. The quantitative estimate of drug-likeness (QED) is 0.421. The molecule has 1 N–H and O–H groups in total. The molecule has 0 aliphatic heterocycles. The van der Waals surface area contributed by atoms with Gasteiger partial charge in [-0.2, -0.15) is 0 Å². The number of methoxy groups -OCH3 is 1. The predicted molar refractivity (Wildman–Crippen MR) is 93.7 cm³/mol. The zero-order valence-corrected chi connectivity index (χ0v) is 14.6. The summed E-state index contributed by atoms with van der Waals surface area (Å²) in [5.74, 6) is -0.00151. The summed E-state index contributed by atoms with van der Waals surface area (Å²) in [5, 5.41) is 2.96. The molecule has 6 nitrogen and oxygen atoms in total. The number of unbranched alkanes of at least 4 members (excludes halogenated alkanes) is 1. The molecule has 0 aromatic heterocycles. The topological polar surface area (TPSA) is 75.7 Å². The van der Waals surface area contributed by atoms with Gasteiger partial charge in [-0.25, -0.2) is 0 Å². The van der Waals surface area contributed by atoms with Gasteiger partial charge in [0.15, 0.2) is 6.29 Å². The van der Waals surface area contributed by atoms with E-state index in [1.54, 1.807) is 11.9 Å². The van der Waals surface area contributed by atoms with Crippen LogP contribution in [0.1, 0.15) is 29.6 Å². The van der Waals surface area contributed by atoms with Crippen molar-refractivity contribution in [2.24, 2.45) is 0 Å². The average molecular weight is 353 g/mol. The van der Waals surface area contributed by atoms with Crippen molar-refractivity contribution in [1.82, 2.24) is 4.90 Å². The Balaban J connectivity index is 2.52. The Kier molecular flexibility index (Phi) is 7.98. The molecule has 130 valence electrons. The molecular weight excluding hydrogens is 332 g/mol. The third-order valence-corrected chi connectivity index (χ3v) is 3.73. The molecule has 24 heavy (non-hydrogen) atoms. The zero-order chi connectivity index (χ0) is 18.1. The third-order valence-electron chi connectivity index (χ3n) is 3.42. The third kappa shape index (κ3) is 5.70. The standard InChI is InChI=1S/C17H21ClN2O4/c1-4-17(23)20(2)8-6-5-7-16(22)19-14-10-15(24-3)12(11-21)9-13(14)18/h4,9-11H,1,5-8H2,2-3H3,(H,19,22). The van der Waals surface area contributed by atoms with Crippen LogP contribution in [0.3, 0.4) is 0 Å². The summed E-state index contributed by atoms with van der Waals surface area (Å²) in [4.78, 5) is 35.7. The molecule has 0 saturated heterocycles. The van der Waals surface area contributed by atoms with Crippen LogP contribution in [0.4, 0.5) is 5.69 Å². The molecule has 7 heteroatoms. The maximum absolute atomic E-state index is 12.0. The van der Waals surface area contributed by atoms with E-state index in [0.717, 1.165) is 0 Å². The molecule has 0 aliphatic carbocycles. The number of halogens is 1. The van der Waals surface area contributed by atoms with Crippen molar-refractivity contribution in [2.45, 2.75) is 19.3 Å². The van der Waals surface area contributed by atoms with Crippen LogP contribution in [0, 0.1) is 0 Å². The molecule has 0 saturated carbocycles. The van der Waals surface area contributed by atoms with Crippen molar-refractivity contribution in [1.29, 1.82) is 0 Å². The maximum atomic E-state index is 12.0. The van der Waals surface area contributed by atoms with Gasteiger partial charge in [0, 0.05) is 26.1 Å². The highest BCUT2D eigenvalue weighted by molar-refractivity contribution is 6.34. The van der Waals surface area contributed by atoms with Crippen molar-refractivity contribution in [2.75, 3.05) is 26.0 Å². The van der Waals surface area contributed by atoms with Crippen LogP contribution >= 0.6 is 11.6 Å². The number of likely N-dealkylation sites (N-methyl/N-ethyl adjacent to an activating group) is 1. The second-order valence-electron chi connectivity index (χ2n) is 5.16. The Morgan fingerprint density at radius 2 is 2.08 bits per heavy atom. The Morgan fingerprint density at radius 1 is 1.38 bits per heavy atom. The number of nitrogens with zero attached hydrogens (tertiary/aromatic N) is 1. The highest BCUT2D eigenvalue weighted by Gasteiger charge is 2.11. The van der Waals surface area contributed by atoms with Crippen LogP contribution in [0.15, 0.2) is 24.8 Å². The zero-order valence-electron chi connectivity index (χ0n) is 13.8. The lowest BCUT2D eigenvalue weighted by Gasteiger charge is -2.14. The van der Waals surface area contributed by atoms with Gasteiger partial charge in [0.2, 0.25) is 11.8 Å². The summed E-state index contributed by atoms with van der Waals surface area (Å²) in [6, 6.07) is 2.96. The lowest BCUT2D eigenvalue weighted by Crippen LogP contribution is -2.25. The minimum atomic E-state index is -0.199. The number of aldehydes is 1. The van der Waals surface area contributed by atoms with E-state index in [1.165, 1.54) is 25.3 Å². The summed E-state index contributed by atoms with van der Waals surface area (Å²) in [6.07, 6.45) is 3.51. The molecule has 0 atom stereocenters. The minimum Gasteiger partial charge on any atom is -0.496 e. The number of carbonyl (C=O) groups is 3. The maximum Gasteiger partial charge on any atom is 0.245 e. The molecule has 0 fully saturated rings. The molecule has 1 rings (SSSR count). The van der Waals surface area contributed by atoms with Crippen LogP contribution in [-0.4, -0.2) is 43.7 Å². The SMILES string of the molecule is C=CC(=O)N(C)CCCCC(=O)Nc1cc(OC)c(C=O)cc1Cl. The number of nitrogens with one attached hydrogen (secondary N) is 1. The molecule has 1 aromatic carbocycles. The number of amides is 2. The van der Waals surface area contributed by atoms with E-state index in [0.29, 0.717) is 49.1 Å². The molecule has 0 radical (unpaired) electrons. The first-order chi connectivity index (χ1) is 11.4. The van der Waals surface area contributed by atoms with Crippen molar-refractivity contribution in [3.63, 3.8) is 0 Å². The number of rotatable bonds is 9. The van der Waals surface area contributed by atoms with Gasteiger partial charge in [0.1, 0.15) is 5.75 Å². The van der Waals surface area contributed by atoms with Gasteiger partial charge in [0.05, 0.1) is 23.4 Å². The van der Waals surface area contributed by atoms with Crippen molar-refractivity contribution >= 4 is 35.4 Å². The van der Waals surface area contributed by atoms with Gasteiger partial charge < -0.3 is 15.0 Å². The molecule has 1 aromatic rings. The number of ether oxygens (including phenoxy) is 1. The van der Waals surface area contributed by atoms with Gasteiger partial charge in [-0.3, -0.25) is 14.4 Å². The number of carbonyl (C=O) groups excluding carboxylic acids is 3. The molecule has 2 amide bonds. The smallest absolute Gasteiger partial charge is 0.245 e. The van der Waals surface area contributed by atoms with E-state index in [9.17, 15) is 14.4 Å². The number of hydrogen-bond donors (Lipinski definition) is 1. The van der Waals surface area contributed by atoms with Gasteiger partial charge >= 0.3 is 0 Å². The fraction of sp³-hybridized carbons (Fsp3) is 0.353. The highest BCUT2D eigenvalue weighted by atomic mass is 35.5. The van der Waals surface area contributed by atoms with E-state index in [1.807, 2.05) is 0 Å². The van der Waals surface area contributed by atoms with Gasteiger partial charge in [-0.1, -0.05) is 18.2 Å².